The van der Waals surface area contributed by atoms with Crippen LogP contribution in [0.3, 0.4) is 0 Å². The second-order valence-corrected chi connectivity index (χ2v) is 7.79. The minimum absolute atomic E-state index is 0.156. The van der Waals surface area contributed by atoms with Crippen molar-refractivity contribution < 1.29 is 23.4 Å². The van der Waals surface area contributed by atoms with E-state index in [1.54, 1.807) is 24.3 Å². The molecule has 162 valence electrons. The van der Waals surface area contributed by atoms with Crippen LogP contribution in [0.5, 0.6) is 17.2 Å². The van der Waals surface area contributed by atoms with Crippen LogP contribution in [0.4, 0.5) is 0 Å². The Morgan fingerprint density at radius 3 is 2.61 bits per heavy atom. The summed E-state index contributed by atoms with van der Waals surface area (Å²) in [5, 5.41) is 3.82. The number of benzene rings is 2. The maximum absolute atomic E-state index is 12.6. The van der Waals surface area contributed by atoms with E-state index < -0.39 is 5.63 Å². The summed E-state index contributed by atoms with van der Waals surface area (Å²) in [5.41, 5.74) is 0.926. The summed E-state index contributed by atoms with van der Waals surface area (Å²) in [6, 6.07) is 13.7. The van der Waals surface area contributed by atoms with Crippen LogP contribution < -0.4 is 25.2 Å². The summed E-state index contributed by atoms with van der Waals surface area (Å²) < 4.78 is 22.2. The Morgan fingerprint density at radius 2 is 1.81 bits per heavy atom. The largest absolute Gasteiger partial charge is 0.490 e. The molecule has 7 heteroatoms. The number of nitrogens with one attached hydrogen (secondary N) is 1. The molecule has 1 aliphatic heterocycles. The van der Waals surface area contributed by atoms with Crippen LogP contribution >= 0.6 is 0 Å². The van der Waals surface area contributed by atoms with Gasteiger partial charge in [0.05, 0.1) is 19.3 Å². The van der Waals surface area contributed by atoms with Gasteiger partial charge in [0, 0.05) is 23.9 Å². The van der Waals surface area contributed by atoms with Gasteiger partial charge in [0.15, 0.2) is 18.1 Å². The Labute approximate surface area is 179 Å². The normalized spacial score (nSPS) is 14.2. The lowest BCUT2D eigenvalue weighted by atomic mass is 9.95. The highest BCUT2D eigenvalue weighted by molar-refractivity contribution is 5.79. The number of amides is 1. The van der Waals surface area contributed by atoms with E-state index in [0.717, 1.165) is 23.1 Å². The van der Waals surface area contributed by atoms with Gasteiger partial charge >= 0.3 is 5.63 Å². The van der Waals surface area contributed by atoms with Crippen molar-refractivity contribution >= 4 is 16.9 Å². The number of ether oxygens (including phenoxy) is 3. The molecule has 0 fully saturated rings. The zero-order chi connectivity index (χ0) is 21.8. The molecule has 1 amide bonds. The summed E-state index contributed by atoms with van der Waals surface area (Å²) in [4.78, 5) is 24.0. The summed E-state index contributed by atoms with van der Waals surface area (Å²) >= 11 is 0. The number of hydrogen-bond acceptors (Lipinski definition) is 6. The zero-order valence-electron chi connectivity index (χ0n) is 17.6. The predicted molar refractivity (Wildman–Crippen MR) is 116 cm³/mol. The van der Waals surface area contributed by atoms with Gasteiger partial charge in [-0.2, -0.15) is 0 Å². The molecular weight excluding hydrogens is 398 g/mol. The van der Waals surface area contributed by atoms with Crippen molar-refractivity contribution in [2.45, 2.75) is 26.3 Å². The first kappa shape index (κ1) is 20.8. The predicted octanol–water partition coefficient (Wildman–Crippen LogP) is 3.85. The molecule has 7 nitrogen and oxygen atoms in total. The minimum Gasteiger partial charge on any atom is -0.490 e. The first-order valence-corrected chi connectivity index (χ1v) is 10.4. The number of hydrogen-bond donors (Lipinski definition) is 1. The molecule has 0 spiro atoms. The number of carbonyl (C=O) groups excluding carboxylic acids is 1. The number of carbonyl (C=O) groups is 1. The van der Waals surface area contributed by atoms with Crippen molar-refractivity contribution in [1.29, 1.82) is 0 Å². The Kier molecular flexibility index (Phi) is 6.11. The van der Waals surface area contributed by atoms with Gasteiger partial charge in [-0.15, -0.1) is 0 Å². The minimum atomic E-state index is -0.433. The van der Waals surface area contributed by atoms with Crippen LogP contribution in [-0.2, 0) is 4.79 Å². The molecular formula is C24H25NO6. The molecule has 2 heterocycles. The first-order chi connectivity index (χ1) is 15.0. The molecule has 0 saturated carbocycles. The van der Waals surface area contributed by atoms with Gasteiger partial charge in [-0.1, -0.05) is 19.9 Å². The second kappa shape index (κ2) is 9.12. The molecule has 1 N–H and O–H groups in total. The molecule has 0 radical (unpaired) electrons. The van der Waals surface area contributed by atoms with Gasteiger partial charge in [0.1, 0.15) is 11.3 Å². The molecule has 0 saturated heterocycles. The maximum atomic E-state index is 12.6. The lowest BCUT2D eigenvalue weighted by molar-refractivity contribution is -0.124. The van der Waals surface area contributed by atoms with Crippen LogP contribution in [-0.4, -0.2) is 25.7 Å². The third-order valence-electron chi connectivity index (χ3n) is 5.08. The van der Waals surface area contributed by atoms with E-state index in [9.17, 15) is 9.59 Å². The van der Waals surface area contributed by atoms with E-state index >= 15 is 0 Å². The Hall–Kier alpha value is -3.48. The highest BCUT2D eigenvalue weighted by Crippen LogP contribution is 2.34. The smallest absolute Gasteiger partial charge is 0.336 e. The Balaban J connectivity index is 1.43. The topological polar surface area (TPSA) is 87.0 Å². The van der Waals surface area contributed by atoms with E-state index in [1.165, 1.54) is 6.07 Å². The van der Waals surface area contributed by atoms with Crippen LogP contribution in [0, 0.1) is 5.92 Å². The third kappa shape index (κ3) is 4.99. The monoisotopic (exact) mass is 423 g/mol. The second-order valence-electron chi connectivity index (χ2n) is 7.79. The average molecular weight is 423 g/mol. The summed E-state index contributed by atoms with van der Waals surface area (Å²) in [6.07, 6.45) is 0.837. The standard InChI is InChI=1S/C24H25NO6/c1-15(2)24(17-5-8-19-21(12-17)29-11-3-10-28-19)25-22(26)14-30-18-7-4-16-6-9-23(27)31-20(16)13-18/h4-9,12-13,15,24H,3,10-11,14H2,1-2H3,(H,25,26). The van der Waals surface area contributed by atoms with Gasteiger partial charge in [-0.3, -0.25) is 4.79 Å². The van der Waals surface area contributed by atoms with Crippen LogP contribution in [0.1, 0.15) is 31.9 Å². The zero-order valence-corrected chi connectivity index (χ0v) is 17.6. The van der Waals surface area contributed by atoms with Gasteiger partial charge in [-0.05, 0) is 41.8 Å². The average Bonchev–Trinajstić information content (AvgIpc) is 3.00. The summed E-state index contributed by atoms with van der Waals surface area (Å²) in [6.45, 7) is 5.16. The molecule has 4 rings (SSSR count). The fourth-order valence-corrected chi connectivity index (χ4v) is 3.50. The quantitative estimate of drug-likeness (QED) is 0.606. The fraction of sp³-hybridized carbons (Fsp3) is 0.333. The van der Waals surface area contributed by atoms with E-state index in [4.69, 9.17) is 18.6 Å². The highest BCUT2D eigenvalue weighted by atomic mass is 16.5. The maximum Gasteiger partial charge on any atom is 0.336 e. The molecule has 0 aliphatic carbocycles. The first-order valence-electron chi connectivity index (χ1n) is 10.4. The van der Waals surface area contributed by atoms with Crippen molar-refractivity contribution in [1.82, 2.24) is 5.32 Å². The van der Waals surface area contributed by atoms with E-state index in [1.807, 2.05) is 32.0 Å². The molecule has 2 aromatic carbocycles. The van der Waals surface area contributed by atoms with Crippen molar-refractivity contribution in [3.63, 3.8) is 0 Å². The lowest BCUT2D eigenvalue weighted by Gasteiger charge is -2.24. The number of rotatable bonds is 6. The number of fused-ring (bicyclic) bond motifs is 2. The SMILES string of the molecule is CC(C)C(NC(=O)COc1ccc2ccc(=O)oc2c1)c1ccc2c(c1)OCCCO2. The van der Waals surface area contributed by atoms with Gasteiger partial charge in [-0.25, -0.2) is 4.79 Å². The van der Waals surface area contributed by atoms with Gasteiger partial charge in [0.2, 0.25) is 0 Å². The highest BCUT2D eigenvalue weighted by Gasteiger charge is 2.21. The van der Waals surface area contributed by atoms with Crippen molar-refractivity contribution in [3.05, 3.63) is 64.5 Å². The summed E-state index contributed by atoms with van der Waals surface area (Å²) in [5.74, 6) is 1.78. The molecule has 1 atom stereocenters. The van der Waals surface area contributed by atoms with Gasteiger partial charge < -0.3 is 23.9 Å². The van der Waals surface area contributed by atoms with Crippen molar-refractivity contribution in [2.75, 3.05) is 19.8 Å². The van der Waals surface area contributed by atoms with Crippen LogP contribution in [0.2, 0.25) is 0 Å². The molecule has 1 unspecified atom stereocenters. The molecule has 3 aromatic rings. The Morgan fingerprint density at radius 1 is 1.03 bits per heavy atom. The van der Waals surface area contributed by atoms with Gasteiger partial charge in [0.25, 0.3) is 5.91 Å². The van der Waals surface area contributed by atoms with Crippen molar-refractivity contribution in [3.8, 4) is 17.2 Å². The molecule has 0 bridgehead atoms. The van der Waals surface area contributed by atoms with Crippen LogP contribution in [0.15, 0.2) is 57.7 Å². The molecule has 31 heavy (non-hydrogen) atoms. The lowest BCUT2D eigenvalue weighted by Crippen LogP contribution is -2.35. The van der Waals surface area contributed by atoms with E-state index in [2.05, 4.69) is 5.32 Å². The van der Waals surface area contributed by atoms with E-state index in [0.29, 0.717) is 30.3 Å². The van der Waals surface area contributed by atoms with Crippen LogP contribution in [0.25, 0.3) is 11.0 Å². The fourth-order valence-electron chi connectivity index (χ4n) is 3.50. The van der Waals surface area contributed by atoms with Crippen molar-refractivity contribution in [2.24, 2.45) is 5.92 Å². The Bertz CT molecular complexity index is 1140. The molecule has 1 aliphatic rings. The van der Waals surface area contributed by atoms with E-state index in [-0.39, 0.29) is 24.5 Å². The third-order valence-corrected chi connectivity index (χ3v) is 5.08. The summed E-state index contributed by atoms with van der Waals surface area (Å²) in [7, 11) is 0. The molecule has 1 aromatic heterocycles.